The monoisotopic (exact) mass is 250 g/mol. The quantitative estimate of drug-likeness (QED) is 0.604. The molecule has 0 aromatic carbocycles. The zero-order valence-corrected chi connectivity index (χ0v) is 10.8. The lowest BCUT2D eigenvalue weighted by atomic mass is 10.1. The summed E-state index contributed by atoms with van der Waals surface area (Å²) in [6, 6.07) is 4.45. The highest BCUT2D eigenvalue weighted by atomic mass is 32.1. The van der Waals surface area contributed by atoms with Gasteiger partial charge in [-0.3, -0.25) is 11.3 Å². The maximum atomic E-state index is 5.62. The molecule has 4 nitrogen and oxygen atoms in total. The van der Waals surface area contributed by atoms with E-state index in [0.29, 0.717) is 0 Å². The van der Waals surface area contributed by atoms with Crippen molar-refractivity contribution >= 4 is 11.3 Å². The number of hydrazine groups is 1. The van der Waals surface area contributed by atoms with Gasteiger partial charge in [0, 0.05) is 36.3 Å². The number of thiophene rings is 1. The van der Waals surface area contributed by atoms with Gasteiger partial charge < -0.3 is 4.57 Å². The molecule has 0 aliphatic heterocycles. The first-order valence-electron chi connectivity index (χ1n) is 5.82. The minimum Gasteiger partial charge on any atom is -0.335 e. The summed E-state index contributed by atoms with van der Waals surface area (Å²) < 4.78 is 2.15. The fourth-order valence-electron chi connectivity index (χ4n) is 1.90. The molecule has 2 aromatic heterocycles. The summed E-state index contributed by atoms with van der Waals surface area (Å²) >= 11 is 1.77. The molecule has 2 aromatic rings. The minimum atomic E-state index is 0.237. The molecule has 92 valence electrons. The number of nitrogens with one attached hydrogen (secondary N) is 1. The van der Waals surface area contributed by atoms with Gasteiger partial charge in [0.15, 0.2) is 0 Å². The number of nitrogens with zero attached hydrogens (tertiary/aromatic N) is 2. The minimum absolute atomic E-state index is 0.237. The van der Waals surface area contributed by atoms with E-state index in [4.69, 9.17) is 5.84 Å². The molecular weight excluding hydrogens is 232 g/mol. The lowest BCUT2D eigenvalue weighted by Crippen LogP contribution is -2.38. The van der Waals surface area contributed by atoms with Crippen molar-refractivity contribution in [1.29, 1.82) is 0 Å². The summed E-state index contributed by atoms with van der Waals surface area (Å²) in [4.78, 5) is 5.72. The molecule has 5 heteroatoms. The van der Waals surface area contributed by atoms with Gasteiger partial charge in [0.1, 0.15) is 5.82 Å². The Kier molecular flexibility index (Phi) is 4.30. The van der Waals surface area contributed by atoms with Gasteiger partial charge in [0.05, 0.1) is 0 Å². The molecule has 2 rings (SSSR count). The lowest BCUT2D eigenvalue weighted by molar-refractivity contribution is 0.502. The Bertz CT molecular complexity index is 435. The summed E-state index contributed by atoms with van der Waals surface area (Å²) in [5.74, 6) is 6.70. The average molecular weight is 250 g/mol. The van der Waals surface area contributed by atoms with E-state index in [-0.39, 0.29) is 6.04 Å². The van der Waals surface area contributed by atoms with Crippen LogP contribution in [0.2, 0.25) is 0 Å². The van der Waals surface area contributed by atoms with Crippen molar-refractivity contribution in [2.24, 2.45) is 5.84 Å². The van der Waals surface area contributed by atoms with Crippen LogP contribution in [-0.4, -0.2) is 15.6 Å². The van der Waals surface area contributed by atoms with Crippen LogP contribution >= 0.6 is 11.3 Å². The molecule has 0 bridgehead atoms. The maximum Gasteiger partial charge on any atom is 0.110 e. The molecule has 3 N–H and O–H groups in total. The topological polar surface area (TPSA) is 55.9 Å². The smallest absolute Gasteiger partial charge is 0.110 e. The summed E-state index contributed by atoms with van der Waals surface area (Å²) in [7, 11) is 0. The molecule has 1 unspecified atom stereocenters. The van der Waals surface area contributed by atoms with Crippen LogP contribution < -0.4 is 11.3 Å². The number of aromatic nitrogens is 2. The fraction of sp³-hybridized carbons (Fsp3) is 0.417. The van der Waals surface area contributed by atoms with Crippen molar-refractivity contribution in [2.75, 3.05) is 0 Å². The Labute approximate surface area is 105 Å². The Balaban J connectivity index is 2.00. The summed E-state index contributed by atoms with van der Waals surface area (Å²) in [5, 5.41) is 2.09. The Morgan fingerprint density at radius 1 is 1.53 bits per heavy atom. The molecule has 0 saturated heterocycles. The highest BCUT2D eigenvalue weighted by molar-refractivity contribution is 7.09. The first kappa shape index (κ1) is 12.3. The maximum absolute atomic E-state index is 5.62. The molecule has 0 aliphatic rings. The van der Waals surface area contributed by atoms with E-state index >= 15 is 0 Å². The first-order valence-corrected chi connectivity index (χ1v) is 6.70. The van der Waals surface area contributed by atoms with Crippen LogP contribution in [0.25, 0.3) is 0 Å². The van der Waals surface area contributed by atoms with E-state index in [0.717, 1.165) is 25.2 Å². The van der Waals surface area contributed by atoms with E-state index in [1.54, 1.807) is 11.3 Å². The predicted octanol–water partition coefficient (Wildman–Crippen LogP) is 1.58. The molecule has 0 spiro atoms. The SMILES string of the molecule is CCn1ccnc1CC(Cc1cccs1)NN. The molecule has 0 radical (unpaired) electrons. The van der Waals surface area contributed by atoms with Gasteiger partial charge in [-0.05, 0) is 24.8 Å². The second kappa shape index (κ2) is 5.95. The van der Waals surface area contributed by atoms with Crippen molar-refractivity contribution < 1.29 is 0 Å². The molecule has 0 aliphatic carbocycles. The van der Waals surface area contributed by atoms with Crippen LogP contribution in [0.4, 0.5) is 0 Å². The molecule has 0 saturated carbocycles. The average Bonchev–Trinajstić information content (AvgIpc) is 2.99. The number of nitrogens with two attached hydrogens (primary N) is 1. The third kappa shape index (κ3) is 3.15. The molecule has 2 heterocycles. The summed E-state index contributed by atoms with van der Waals surface area (Å²) in [6.45, 7) is 3.07. The fourth-order valence-corrected chi connectivity index (χ4v) is 2.69. The highest BCUT2D eigenvalue weighted by Gasteiger charge is 2.12. The predicted molar refractivity (Wildman–Crippen MR) is 70.7 cm³/mol. The van der Waals surface area contributed by atoms with Crippen molar-refractivity contribution in [2.45, 2.75) is 32.4 Å². The summed E-state index contributed by atoms with van der Waals surface area (Å²) in [6.07, 6.45) is 5.66. The number of imidazole rings is 1. The van der Waals surface area contributed by atoms with Gasteiger partial charge in [-0.15, -0.1) is 11.3 Å². The zero-order chi connectivity index (χ0) is 12.1. The standard InChI is InChI=1S/C12H18N4S/c1-2-16-6-5-14-12(16)9-10(15-13)8-11-4-3-7-17-11/h3-7,10,15H,2,8-9,13H2,1H3. The van der Waals surface area contributed by atoms with Crippen LogP contribution in [0.5, 0.6) is 0 Å². The van der Waals surface area contributed by atoms with Crippen LogP contribution in [-0.2, 0) is 19.4 Å². The highest BCUT2D eigenvalue weighted by Crippen LogP contribution is 2.13. The Morgan fingerprint density at radius 2 is 2.41 bits per heavy atom. The van der Waals surface area contributed by atoms with Crippen LogP contribution in [0, 0.1) is 0 Å². The van der Waals surface area contributed by atoms with Gasteiger partial charge in [-0.1, -0.05) is 6.07 Å². The molecular formula is C12H18N4S. The van der Waals surface area contributed by atoms with E-state index in [2.05, 4.69) is 39.4 Å². The van der Waals surface area contributed by atoms with Gasteiger partial charge in [-0.25, -0.2) is 4.98 Å². The van der Waals surface area contributed by atoms with Crippen LogP contribution in [0.1, 0.15) is 17.6 Å². The lowest BCUT2D eigenvalue weighted by Gasteiger charge is -2.15. The zero-order valence-electron chi connectivity index (χ0n) is 9.97. The largest absolute Gasteiger partial charge is 0.335 e. The van der Waals surface area contributed by atoms with Crippen molar-refractivity contribution in [3.63, 3.8) is 0 Å². The second-order valence-corrected chi connectivity index (χ2v) is 5.01. The van der Waals surface area contributed by atoms with E-state index in [1.165, 1.54) is 4.88 Å². The normalized spacial score (nSPS) is 12.8. The van der Waals surface area contributed by atoms with Crippen molar-refractivity contribution in [1.82, 2.24) is 15.0 Å². The molecule has 0 amide bonds. The Hall–Kier alpha value is -1.17. The Morgan fingerprint density at radius 3 is 3.06 bits per heavy atom. The third-order valence-electron chi connectivity index (χ3n) is 2.83. The van der Waals surface area contributed by atoms with Gasteiger partial charge in [0.2, 0.25) is 0 Å². The number of hydrogen-bond donors (Lipinski definition) is 2. The van der Waals surface area contributed by atoms with E-state index in [1.807, 2.05) is 12.4 Å². The van der Waals surface area contributed by atoms with E-state index < -0.39 is 0 Å². The van der Waals surface area contributed by atoms with Gasteiger partial charge in [-0.2, -0.15) is 0 Å². The second-order valence-electron chi connectivity index (χ2n) is 3.98. The first-order chi connectivity index (χ1) is 8.33. The molecule has 0 fully saturated rings. The van der Waals surface area contributed by atoms with Gasteiger partial charge >= 0.3 is 0 Å². The van der Waals surface area contributed by atoms with Crippen LogP contribution in [0.15, 0.2) is 29.9 Å². The number of rotatable bonds is 6. The number of aryl methyl sites for hydroxylation is 1. The van der Waals surface area contributed by atoms with Crippen molar-refractivity contribution in [3.8, 4) is 0 Å². The van der Waals surface area contributed by atoms with E-state index in [9.17, 15) is 0 Å². The number of hydrogen-bond acceptors (Lipinski definition) is 4. The van der Waals surface area contributed by atoms with Crippen molar-refractivity contribution in [3.05, 3.63) is 40.6 Å². The summed E-state index contributed by atoms with van der Waals surface area (Å²) in [5.41, 5.74) is 2.88. The van der Waals surface area contributed by atoms with Gasteiger partial charge in [0.25, 0.3) is 0 Å². The van der Waals surface area contributed by atoms with Crippen LogP contribution in [0.3, 0.4) is 0 Å². The molecule has 17 heavy (non-hydrogen) atoms. The molecule has 1 atom stereocenters. The third-order valence-corrected chi connectivity index (χ3v) is 3.73.